The van der Waals surface area contributed by atoms with E-state index in [1.165, 1.54) is 6.39 Å². The predicted molar refractivity (Wildman–Crippen MR) is 56.9 cm³/mol. The molecule has 0 radical (unpaired) electrons. The predicted octanol–water partition coefficient (Wildman–Crippen LogP) is 0.874. The van der Waals surface area contributed by atoms with Gasteiger partial charge in [0, 0.05) is 12.5 Å². The second-order valence-corrected chi connectivity index (χ2v) is 4.24. The highest BCUT2D eigenvalue weighted by molar-refractivity contribution is 5.92. The van der Waals surface area contributed by atoms with Gasteiger partial charge in [-0.3, -0.25) is 4.79 Å². The molecular weight excluding hydrogens is 208 g/mol. The van der Waals surface area contributed by atoms with Gasteiger partial charge >= 0.3 is 0 Å². The Kier molecular flexibility index (Phi) is 3.24. The molecular formula is C11H16N2O3. The lowest BCUT2D eigenvalue weighted by Gasteiger charge is -2.14. The molecule has 16 heavy (non-hydrogen) atoms. The summed E-state index contributed by atoms with van der Waals surface area (Å²) in [6.07, 6.45) is 3.81. The molecule has 1 aliphatic carbocycles. The quantitative estimate of drug-likeness (QED) is 0.799. The zero-order valence-corrected chi connectivity index (χ0v) is 9.27. The van der Waals surface area contributed by atoms with E-state index in [1.54, 1.807) is 6.92 Å². The first-order valence-corrected chi connectivity index (χ1v) is 5.55. The van der Waals surface area contributed by atoms with Crippen molar-refractivity contribution in [3.63, 3.8) is 0 Å². The van der Waals surface area contributed by atoms with E-state index in [4.69, 9.17) is 4.42 Å². The summed E-state index contributed by atoms with van der Waals surface area (Å²) in [6, 6.07) is 0. The van der Waals surface area contributed by atoms with Crippen molar-refractivity contribution in [3.05, 3.63) is 17.8 Å². The summed E-state index contributed by atoms with van der Waals surface area (Å²) in [6.45, 7) is 2.23. The first-order chi connectivity index (χ1) is 7.68. The third kappa shape index (κ3) is 2.24. The number of nitrogens with zero attached hydrogens (tertiary/aromatic N) is 1. The van der Waals surface area contributed by atoms with Crippen LogP contribution in [0.5, 0.6) is 0 Å². The minimum absolute atomic E-state index is 0.173. The molecule has 2 rings (SSSR count). The van der Waals surface area contributed by atoms with Crippen molar-refractivity contribution in [2.75, 3.05) is 6.54 Å². The van der Waals surface area contributed by atoms with Gasteiger partial charge in [0.2, 0.25) is 5.76 Å². The zero-order chi connectivity index (χ0) is 11.5. The number of aliphatic hydroxyl groups excluding tert-OH is 1. The summed E-state index contributed by atoms with van der Waals surface area (Å²) >= 11 is 0. The molecule has 1 aromatic heterocycles. The van der Waals surface area contributed by atoms with Crippen molar-refractivity contribution in [3.8, 4) is 0 Å². The fourth-order valence-electron chi connectivity index (χ4n) is 2.08. The normalized spacial score (nSPS) is 24.6. The van der Waals surface area contributed by atoms with E-state index in [0.29, 0.717) is 12.2 Å². The summed E-state index contributed by atoms with van der Waals surface area (Å²) in [5, 5.41) is 12.4. The van der Waals surface area contributed by atoms with Crippen LogP contribution in [0.25, 0.3) is 0 Å². The van der Waals surface area contributed by atoms with Gasteiger partial charge in [0.1, 0.15) is 0 Å². The number of hydrogen-bond acceptors (Lipinski definition) is 4. The monoisotopic (exact) mass is 224 g/mol. The number of aryl methyl sites for hydroxylation is 1. The Bertz CT molecular complexity index is 375. The number of nitrogens with one attached hydrogen (secondary N) is 1. The van der Waals surface area contributed by atoms with Gasteiger partial charge in [0.15, 0.2) is 6.39 Å². The van der Waals surface area contributed by atoms with E-state index in [-0.39, 0.29) is 23.7 Å². The van der Waals surface area contributed by atoms with Gasteiger partial charge in [-0.1, -0.05) is 6.42 Å². The first-order valence-electron chi connectivity index (χ1n) is 5.55. The molecule has 0 saturated heterocycles. The molecule has 0 aliphatic heterocycles. The lowest BCUT2D eigenvalue weighted by Crippen LogP contribution is -2.32. The summed E-state index contributed by atoms with van der Waals surface area (Å²) < 4.78 is 4.98. The zero-order valence-electron chi connectivity index (χ0n) is 9.27. The Morgan fingerprint density at radius 2 is 2.50 bits per heavy atom. The van der Waals surface area contributed by atoms with Gasteiger partial charge in [-0.05, 0) is 19.8 Å². The molecule has 2 unspecified atom stereocenters. The molecule has 1 amide bonds. The molecule has 5 heteroatoms. The van der Waals surface area contributed by atoms with E-state index >= 15 is 0 Å². The van der Waals surface area contributed by atoms with E-state index < -0.39 is 0 Å². The van der Waals surface area contributed by atoms with Gasteiger partial charge in [0.05, 0.1) is 11.8 Å². The average molecular weight is 224 g/mol. The lowest BCUT2D eigenvalue weighted by atomic mass is 10.1. The second kappa shape index (κ2) is 4.65. The van der Waals surface area contributed by atoms with Crippen LogP contribution in [0.3, 0.4) is 0 Å². The number of amides is 1. The molecule has 1 aromatic rings. The summed E-state index contributed by atoms with van der Waals surface area (Å²) in [5.74, 6) is 0.175. The van der Waals surface area contributed by atoms with Crippen molar-refractivity contribution >= 4 is 5.91 Å². The van der Waals surface area contributed by atoms with E-state index in [1.807, 2.05) is 0 Å². The van der Waals surface area contributed by atoms with Crippen LogP contribution >= 0.6 is 0 Å². The molecule has 0 aromatic carbocycles. The van der Waals surface area contributed by atoms with Gasteiger partial charge in [0.25, 0.3) is 5.91 Å². The number of rotatable bonds is 3. The Labute approximate surface area is 93.9 Å². The van der Waals surface area contributed by atoms with E-state index in [2.05, 4.69) is 10.3 Å². The Hall–Kier alpha value is -1.36. The van der Waals surface area contributed by atoms with Crippen LogP contribution < -0.4 is 5.32 Å². The number of carbonyl (C=O) groups excluding carboxylic acids is 1. The molecule has 0 spiro atoms. The minimum atomic E-state index is -0.281. The Morgan fingerprint density at radius 1 is 1.69 bits per heavy atom. The highest BCUT2D eigenvalue weighted by atomic mass is 16.3. The lowest BCUT2D eigenvalue weighted by molar-refractivity contribution is 0.0889. The van der Waals surface area contributed by atoms with Crippen LogP contribution in [-0.4, -0.2) is 28.6 Å². The van der Waals surface area contributed by atoms with Crippen molar-refractivity contribution < 1.29 is 14.3 Å². The molecule has 2 N–H and O–H groups in total. The largest absolute Gasteiger partial charge is 0.438 e. The van der Waals surface area contributed by atoms with Gasteiger partial charge in [-0.25, -0.2) is 4.98 Å². The van der Waals surface area contributed by atoms with E-state index in [0.717, 1.165) is 19.3 Å². The highest BCUT2D eigenvalue weighted by Crippen LogP contribution is 2.24. The number of aliphatic hydroxyl groups is 1. The minimum Gasteiger partial charge on any atom is -0.438 e. The van der Waals surface area contributed by atoms with Crippen LogP contribution in [-0.2, 0) is 0 Å². The molecule has 2 atom stereocenters. The molecule has 1 heterocycles. The van der Waals surface area contributed by atoms with Gasteiger partial charge < -0.3 is 14.8 Å². The van der Waals surface area contributed by atoms with Crippen LogP contribution in [0.4, 0.5) is 0 Å². The van der Waals surface area contributed by atoms with Gasteiger partial charge in [-0.2, -0.15) is 0 Å². The molecule has 5 nitrogen and oxygen atoms in total. The standard InChI is InChI=1S/C11H16N2O3/c1-7-10(16-6-13-7)11(15)12-5-8-3-2-4-9(8)14/h6,8-9,14H,2-5H2,1H3,(H,12,15). The fourth-order valence-corrected chi connectivity index (χ4v) is 2.08. The third-order valence-corrected chi connectivity index (χ3v) is 3.10. The SMILES string of the molecule is Cc1ncoc1C(=O)NCC1CCCC1O. The maximum absolute atomic E-state index is 11.7. The van der Waals surface area contributed by atoms with Gasteiger partial charge in [-0.15, -0.1) is 0 Å². The molecule has 1 fully saturated rings. The summed E-state index contributed by atoms with van der Waals surface area (Å²) in [4.78, 5) is 15.5. The van der Waals surface area contributed by atoms with Crippen LogP contribution in [0.15, 0.2) is 10.8 Å². The van der Waals surface area contributed by atoms with Crippen LogP contribution in [0, 0.1) is 12.8 Å². The topological polar surface area (TPSA) is 75.4 Å². The highest BCUT2D eigenvalue weighted by Gasteiger charge is 2.26. The Morgan fingerprint density at radius 3 is 3.06 bits per heavy atom. The van der Waals surface area contributed by atoms with Crippen LogP contribution in [0.1, 0.15) is 35.5 Å². The van der Waals surface area contributed by atoms with E-state index in [9.17, 15) is 9.90 Å². The summed E-state index contributed by atoms with van der Waals surface area (Å²) in [5.41, 5.74) is 0.587. The van der Waals surface area contributed by atoms with Crippen molar-refractivity contribution in [2.45, 2.75) is 32.3 Å². The van der Waals surface area contributed by atoms with Crippen molar-refractivity contribution in [2.24, 2.45) is 5.92 Å². The first kappa shape index (κ1) is 11.1. The summed E-state index contributed by atoms with van der Waals surface area (Å²) in [7, 11) is 0. The average Bonchev–Trinajstić information content (AvgIpc) is 2.84. The molecule has 1 saturated carbocycles. The van der Waals surface area contributed by atoms with Crippen molar-refractivity contribution in [1.82, 2.24) is 10.3 Å². The maximum Gasteiger partial charge on any atom is 0.289 e. The van der Waals surface area contributed by atoms with Crippen LogP contribution in [0.2, 0.25) is 0 Å². The number of oxazole rings is 1. The number of carbonyl (C=O) groups is 1. The fraction of sp³-hybridized carbons (Fsp3) is 0.636. The molecule has 0 bridgehead atoms. The number of aromatic nitrogens is 1. The smallest absolute Gasteiger partial charge is 0.289 e. The number of hydrogen-bond donors (Lipinski definition) is 2. The maximum atomic E-state index is 11.7. The van der Waals surface area contributed by atoms with Crippen molar-refractivity contribution in [1.29, 1.82) is 0 Å². The second-order valence-electron chi connectivity index (χ2n) is 4.24. The molecule has 1 aliphatic rings. The third-order valence-electron chi connectivity index (χ3n) is 3.10. The Balaban J connectivity index is 1.86. The molecule has 88 valence electrons.